The van der Waals surface area contributed by atoms with Crippen LogP contribution in [0.4, 0.5) is 0 Å². The van der Waals surface area contributed by atoms with E-state index < -0.39 is 0 Å². The summed E-state index contributed by atoms with van der Waals surface area (Å²) in [5.41, 5.74) is 2.32. The van der Waals surface area contributed by atoms with Gasteiger partial charge >= 0.3 is 0 Å². The van der Waals surface area contributed by atoms with Gasteiger partial charge in [0.1, 0.15) is 23.0 Å². The molecule has 0 amide bonds. The van der Waals surface area contributed by atoms with Crippen LogP contribution in [0.25, 0.3) is 0 Å². The van der Waals surface area contributed by atoms with E-state index >= 15 is 0 Å². The van der Waals surface area contributed by atoms with Crippen LogP contribution in [0.3, 0.4) is 0 Å². The summed E-state index contributed by atoms with van der Waals surface area (Å²) in [6.07, 6.45) is 2.72. The van der Waals surface area contributed by atoms with Gasteiger partial charge in [-0.05, 0) is 5.56 Å². The number of rotatable bonds is 1. The van der Waals surface area contributed by atoms with Gasteiger partial charge in [0.05, 0.1) is 17.0 Å². The Morgan fingerprint density at radius 1 is 0.773 bits per heavy atom. The molecule has 3 aromatic rings. The molecular formula is C15H8Cl2N4O. The van der Waals surface area contributed by atoms with Crippen LogP contribution >= 0.6 is 23.2 Å². The summed E-state index contributed by atoms with van der Waals surface area (Å²) in [5.74, 6) is 0.495. The van der Waals surface area contributed by atoms with E-state index in [2.05, 4.69) is 19.9 Å². The summed E-state index contributed by atoms with van der Waals surface area (Å²) in [5, 5.41) is 0.647. The van der Waals surface area contributed by atoms with Gasteiger partial charge in [-0.15, -0.1) is 0 Å². The van der Waals surface area contributed by atoms with Crippen LogP contribution in [0.2, 0.25) is 10.3 Å². The molecule has 1 aromatic carbocycles. The minimum atomic E-state index is -0.276. The Morgan fingerprint density at radius 3 is 1.86 bits per heavy atom. The van der Waals surface area contributed by atoms with Gasteiger partial charge in [0.15, 0.2) is 0 Å². The first-order valence-corrected chi connectivity index (χ1v) is 7.25. The number of nitrogens with zero attached hydrogens (tertiary/aromatic N) is 4. The summed E-state index contributed by atoms with van der Waals surface area (Å²) in [6.45, 7) is 0. The van der Waals surface area contributed by atoms with Crippen LogP contribution in [-0.2, 0) is 0 Å². The average molecular weight is 331 g/mol. The second kappa shape index (κ2) is 5.19. The highest BCUT2D eigenvalue weighted by atomic mass is 35.5. The lowest BCUT2D eigenvalue weighted by atomic mass is 9.86. The monoisotopic (exact) mass is 330 g/mol. The van der Waals surface area contributed by atoms with E-state index in [0.717, 1.165) is 5.56 Å². The zero-order valence-electron chi connectivity index (χ0n) is 11.1. The topological polar surface area (TPSA) is 60.8 Å². The molecule has 0 saturated heterocycles. The van der Waals surface area contributed by atoms with Crippen molar-refractivity contribution in [3.63, 3.8) is 0 Å². The summed E-state index contributed by atoms with van der Waals surface area (Å²) in [6, 6.07) is 9.79. The minimum absolute atomic E-state index is 0.276. The summed E-state index contributed by atoms with van der Waals surface area (Å²) in [4.78, 5) is 16.4. The molecule has 0 saturated carbocycles. The lowest BCUT2D eigenvalue weighted by Crippen LogP contribution is -2.16. The maximum absolute atomic E-state index is 6.29. The van der Waals surface area contributed by atoms with E-state index in [1.807, 2.05) is 30.3 Å². The third-order valence-corrected chi connectivity index (χ3v) is 4.10. The second-order valence-electron chi connectivity index (χ2n) is 4.71. The van der Waals surface area contributed by atoms with Crippen LogP contribution in [0.1, 0.15) is 22.6 Å². The largest absolute Gasteiger partial charge is 0.420 e. The van der Waals surface area contributed by atoms with Gasteiger partial charge < -0.3 is 4.74 Å². The maximum Gasteiger partial charge on any atom is 0.230 e. The number of benzene rings is 1. The molecule has 5 nitrogen and oxygen atoms in total. The standard InChI is InChI=1S/C15H8Cl2N4O/c16-12-10-9(8-4-2-1-3-5-8)11-13(17)19-7-21-15(11)22-14(10)20-6-18-12/h1-7,9H. The molecule has 4 rings (SSSR count). The van der Waals surface area contributed by atoms with Crippen molar-refractivity contribution in [2.24, 2.45) is 0 Å². The van der Waals surface area contributed by atoms with Crippen molar-refractivity contribution in [1.29, 1.82) is 0 Å². The Kier molecular flexibility index (Phi) is 3.17. The zero-order chi connectivity index (χ0) is 15.1. The molecule has 0 radical (unpaired) electrons. The van der Waals surface area contributed by atoms with Gasteiger partial charge in [-0.3, -0.25) is 0 Å². The molecule has 0 fully saturated rings. The van der Waals surface area contributed by atoms with Crippen LogP contribution in [0, 0.1) is 0 Å². The van der Waals surface area contributed by atoms with Gasteiger partial charge in [0, 0.05) is 0 Å². The van der Waals surface area contributed by atoms with E-state index in [9.17, 15) is 0 Å². The molecule has 2 aromatic heterocycles. The predicted molar refractivity (Wildman–Crippen MR) is 81.5 cm³/mol. The Morgan fingerprint density at radius 2 is 1.32 bits per heavy atom. The number of hydrogen-bond donors (Lipinski definition) is 0. The lowest BCUT2D eigenvalue weighted by Gasteiger charge is -2.27. The highest BCUT2D eigenvalue weighted by molar-refractivity contribution is 6.31. The van der Waals surface area contributed by atoms with E-state index in [0.29, 0.717) is 33.2 Å². The van der Waals surface area contributed by atoms with Crippen LogP contribution in [0.15, 0.2) is 43.0 Å². The zero-order valence-corrected chi connectivity index (χ0v) is 12.6. The maximum atomic E-state index is 6.29. The molecule has 1 aliphatic heterocycles. The summed E-state index contributed by atoms with van der Waals surface area (Å²) in [7, 11) is 0. The molecule has 0 unspecified atom stereocenters. The quantitative estimate of drug-likeness (QED) is 0.496. The highest BCUT2D eigenvalue weighted by Crippen LogP contribution is 2.49. The second-order valence-corrected chi connectivity index (χ2v) is 5.43. The number of fused-ring (bicyclic) bond motifs is 2. The van der Waals surface area contributed by atoms with Gasteiger partial charge in [-0.25, -0.2) is 19.9 Å². The Labute approximate surface area is 136 Å². The normalized spacial score (nSPS) is 13.2. The van der Waals surface area contributed by atoms with Crippen molar-refractivity contribution < 1.29 is 4.74 Å². The molecule has 0 aliphatic carbocycles. The Hall–Kier alpha value is -2.24. The van der Waals surface area contributed by atoms with E-state index in [-0.39, 0.29) is 5.92 Å². The molecule has 108 valence electrons. The fourth-order valence-corrected chi connectivity index (χ4v) is 3.05. The van der Waals surface area contributed by atoms with Crippen LogP contribution in [0.5, 0.6) is 11.8 Å². The fourth-order valence-electron chi connectivity index (χ4n) is 2.58. The van der Waals surface area contributed by atoms with Gasteiger partial charge in [0.2, 0.25) is 11.8 Å². The van der Waals surface area contributed by atoms with Gasteiger partial charge in [0.25, 0.3) is 0 Å². The summed E-state index contributed by atoms with van der Waals surface area (Å²) < 4.78 is 5.72. The smallest absolute Gasteiger partial charge is 0.230 e. The number of ether oxygens (including phenoxy) is 1. The first-order valence-electron chi connectivity index (χ1n) is 6.49. The first-order chi connectivity index (χ1) is 10.8. The Balaban J connectivity index is 2.04. The van der Waals surface area contributed by atoms with Crippen LogP contribution in [-0.4, -0.2) is 19.9 Å². The molecule has 0 N–H and O–H groups in total. The highest BCUT2D eigenvalue weighted by Gasteiger charge is 2.35. The molecule has 0 atom stereocenters. The van der Waals surface area contributed by atoms with Gasteiger partial charge in [-0.1, -0.05) is 53.5 Å². The average Bonchev–Trinajstić information content (AvgIpc) is 2.54. The third kappa shape index (κ3) is 2.01. The fraction of sp³-hybridized carbons (Fsp3) is 0.0667. The first kappa shape index (κ1) is 13.4. The predicted octanol–water partition coefficient (Wildman–Crippen LogP) is 3.86. The molecule has 22 heavy (non-hydrogen) atoms. The van der Waals surface area contributed by atoms with Crippen molar-refractivity contribution in [3.05, 3.63) is 70.0 Å². The molecular weight excluding hydrogens is 323 g/mol. The molecule has 1 aliphatic rings. The Bertz CT molecular complexity index is 806. The molecule has 0 bridgehead atoms. The molecule has 7 heteroatoms. The van der Waals surface area contributed by atoms with Crippen molar-refractivity contribution >= 4 is 23.2 Å². The van der Waals surface area contributed by atoms with Crippen LogP contribution < -0.4 is 4.74 Å². The molecule has 0 spiro atoms. The van der Waals surface area contributed by atoms with E-state index in [1.54, 1.807) is 0 Å². The van der Waals surface area contributed by atoms with Crippen molar-refractivity contribution in [2.45, 2.75) is 5.92 Å². The SMILES string of the molecule is Clc1ncnc2c1C(c1ccccc1)c1c(Cl)ncnc1O2. The number of halogens is 2. The van der Waals surface area contributed by atoms with Crippen molar-refractivity contribution in [2.75, 3.05) is 0 Å². The number of hydrogen-bond acceptors (Lipinski definition) is 5. The number of aromatic nitrogens is 4. The minimum Gasteiger partial charge on any atom is -0.420 e. The van der Waals surface area contributed by atoms with Crippen molar-refractivity contribution in [3.8, 4) is 11.8 Å². The third-order valence-electron chi connectivity index (χ3n) is 3.50. The molecule has 3 heterocycles. The lowest BCUT2D eigenvalue weighted by molar-refractivity contribution is 0.413. The van der Waals surface area contributed by atoms with E-state index in [1.165, 1.54) is 12.7 Å². The van der Waals surface area contributed by atoms with Gasteiger partial charge in [-0.2, -0.15) is 0 Å². The van der Waals surface area contributed by atoms with E-state index in [4.69, 9.17) is 27.9 Å². The van der Waals surface area contributed by atoms with Crippen molar-refractivity contribution in [1.82, 2.24) is 19.9 Å². The summed E-state index contributed by atoms with van der Waals surface area (Å²) >= 11 is 12.6.